The minimum atomic E-state index is -0.148. The molecule has 1 unspecified atom stereocenters. The summed E-state index contributed by atoms with van der Waals surface area (Å²) >= 11 is 1.59. The molecule has 0 spiro atoms. The van der Waals surface area contributed by atoms with Gasteiger partial charge in [-0.25, -0.2) is 9.97 Å². The van der Waals surface area contributed by atoms with E-state index < -0.39 is 0 Å². The van der Waals surface area contributed by atoms with E-state index >= 15 is 0 Å². The van der Waals surface area contributed by atoms with Crippen molar-refractivity contribution in [1.82, 2.24) is 20.3 Å². The largest absolute Gasteiger partial charge is 0.352 e. The average molecular weight is 365 g/mol. The maximum Gasteiger partial charge on any atom is 0.242 e. The predicted molar refractivity (Wildman–Crippen MR) is 102 cm³/mol. The van der Waals surface area contributed by atoms with Crippen LogP contribution < -0.4 is 10.2 Å². The number of pyridine rings is 1. The van der Waals surface area contributed by atoms with Crippen LogP contribution in [0.5, 0.6) is 0 Å². The van der Waals surface area contributed by atoms with E-state index in [-0.39, 0.29) is 11.9 Å². The van der Waals surface area contributed by atoms with Crippen molar-refractivity contribution in [2.24, 2.45) is 0 Å². The fraction of sp³-hybridized carbons (Fsp3) is 0.368. The van der Waals surface area contributed by atoms with Gasteiger partial charge in [-0.05, 0) is 49.3 Å². The highest BCUT2D eigenvalue weighted by Crippen LogP contribution is 2.34. The molecule has 26 heavy (non-hydrogen) atoms. The number of hydrogen-bond acceptors (Lipinski definition) is 6. The van der Waals surface area contributed by atoms with Crippen LogP contribution in [0.1, 0.15) is 25.7 Å². The fourth-order valence-corrected chi connectivity index (χ4v) is 4.24. The Kier molecular flexibility index (Phi) is 3.81. The summed E-state index contributed by atoms with van der Waals surface area (Å²) in [6.07, 6.45) is 5.82. The second kappa shape index (κ2) is 6.32. The highest BCUT2D eigenvalue weighted by molar-refractivity contribution is 7.16. The molecule has 3 aromatic heterocycles. The third-order valence-electron chi connectivity index (χ3n) is 4.95. The van der Waals surface area contributed by atoms with Crippen molar-refractivity contribution in [3.63, 3.8) is 0 Å². The maximum absolute atomic E-state index is 12.7. The van der Waals surface area contributed by atoms with Gasteiger partial charge in [0.1, 0.15) is 22.4 Å². The van der Waals surface area contributed by atoms with Gasteiger partial charge in [-0.3, -0.25) is 9.78 Å². The Morgan fingerprint density at radius 1 is 1.19 bits per heavy atom. The number of thiophene rings is 1. The number of aromatic nitrogens is 3. The van der Waals surface area contributed by atoms with Crippen molar-refractivity contribution in [2.75, 3.05) is 11.4 Å². The van der Waals surface area contributed by atoms with Gasteiger partial charge in [0.25, 0.3) is 0 Å². The predicted octanol–water partition coefficient (Wildman–Crippen LogP) is 3.00. The summed E-state index contributed by atoms with van der Waals surface area (Å²) in [6.45, 7) is 0.840. The van der Waals surface area contributed by atoms with Crippen molar-refractivity contribution < 1.29 is 4.79 Å². The molecule has 0 radical (unpaired) electrons. The second-order valence-corrected chi connectivity index (χ2v) is 7.75. The standard InChI is InChI=1S/C19H19N5OS/c25-18(21-12-6-7-12)15-5-3-10-24(15)17-13-8-11-26-19(13)23-16(22-17)14-4-1-2-9-20-14/h1-2,4,8-9,11-12,15H,3,5-7,10H2,(H,21,25). The minimum absolute atomic E-state index is 0.131. The molecular weight excluding hydrogens is 346 g/mol. The molecule has 2 aliphatic rings. The first kappa shape index (κ1) is 15.7. The Morgan fingerprint density at radius 3 is 2.92 bits per heavy atom. The van der Waals surface area contributed by atoms with Gasteiger partial charge in [0.05, 0.1) is 5.39 Å². The number of amides is 1. The van der Waals surface area contributed by atoms with Gasteiger partial charge in [-0.15, -0.1) is 11.3 Å². The smallest absolute Gasteiger partial charge is 0.242 e. The summed E-state index contributed by atoms with van der Waals surface area (Å²) in [5, 5.41) is 6.19. The summed E-state index contributed by atoms with van der Waals surface area (Å²) in [4.78, 5) is 29.7. The molecule has 1 aliphatic heterocycles. The summed E-state index contributed by atoms with van der Waals surface area (Å²) in [7, 11) is 0. The number of anilines is 1. The Balaban J connectivity index is 1.56. The number of rotatable bonds is 4. The van der Waals surface area contributed by atoms with Crippen LogP contribution in [0.3, 0.4) is 0 Å². The lowest BCUT2D eigenvalue weighted by molar-refractivity contribution is -0.122. The van der Waals surface area contributed by atoms with Crippen LogP contribution in [0.4, 0.5) is 5.82 Å². The SMILES string of the molecule is O=C(NC1CC1)C1CCCN1c1nc(-c2ccccn2)nc2sccc12. The lowest BCUT2D eigenvalue weighted by Gasteiger charge is -2.25. The van der Waals surface area contributed by atoms with E-state index in [0.29, 0.717) is 11.9 Å². The first-order chi connectivity index (χ1) is 12.8. The zero-order valence-corrected chi connectivity index (χ0v) is 15.1. The third-order valence-corrected chi connectivity index (χ3v) is 5.76. The molecule has 132 valence electrons. The van der Waals surface area contributed by atoms with Gasteiger partial charge in [0.2, 0.25) is 5.91 Å². The summed E-state index contributed by atoms with van der Waals surface area (Å²) in [5.41, 5.74) is 0.752. The minimum Gasteiger partial charge on any atom is -0.352 e. The Bertz CT molecular complexity index is 953. The van der Waals surface area contributed by atoms with Crippen LogP contribution in [0.2, 0.25) is 0 Å². The van der Waals surface area contributed by atoms with Crippen LogP contribution in [0.15, 0.2) is 35.8 Å². The fourth-order valence-electron chi connectivity index (χ4n) is 3.49. The highest BCUT2D eigenvalue weighted by atomic mass is 32.1. The van der Waals surface area contributed by atoms with E-state index in [9.17, 15) is 4.79 Å². The first-order valence-electron chi connectivity index (χ1n) is 9.03. The van der Waals surface area contributed by atoms with Crippen LogP contribution >= 0.6 is 11.3 Å². The molecule has 1 saturated carbocycles. The molecule has 7 heteroatoms. The molecule has 1 saturated heterocycles. The van der Waals surface area contributed by atoms with E-state index in [4.69, 9.17) is 4.98 Å². The molecule has 1 N–H and O–H groups in total. The Hall–Kier alpha value is -2.54. The van der Waals surface area contributed by atoms with Gasteiger partial charge < -0.3 is 10.2 Å². The van der Waals surface area contributed by atoms with Crippen LogP contribution in [-0.2, 0) is 4.79 Å². The zero-order chi connectivity index (χ0) is 17.5. The van der Waals surface area contributed by atoms with Crippen molar-refractivity contribution in [3.8, 4) is 11.5 Å². The number of carbonyl (C=O) groups excluding carboxylic acids is 1. The van der Waals surface area contributed by atoms with E-state index in [1.807, 2.05) is 29.6 Å². The molecule has 1 aliphatic carbocycles. The first-order valence-corrected chi connectivity index (χ1v) is 9.91. The van der Waals surface area contributed by atoms with E-state index in [1.165, 1.54) is 0 Å². The Morgan fingerprint density at radius 2 is 2.12 bits per heavy atom. The summed E-state index contributed by atoms with van der Waals surface area (Å²) in [6, 6.07) is 8.01. The van der Waals surface area contributed by atoms with Gasteiger partial charge in [-0.1, -0.05) is 6.07 Å². The molecule has 2 fully saturated rings. The van der Waals surface area contributed by atoms with Crippen molar-refractivity contribution in [2.45, 2.75) is 37.8 Å². The molecule has 5 rings (SSSR count). The number of fused-ring (bicyclic) bond motifs is 1. The molecule has 1 amide bonds. The lowest BCUT2D eigenvalue weighted by atomic mass is 10.2. The second-order valence-electron chi connectivity index (χ2n) is 6.86. The van der Waals surface area contributed by atoms with Gasteiger partial charge in [0, 0.05) is 18.8 Å². The molecular formula is C19H19N5OS. The lowest BCUT2D eigenvalue weighted by Crippen LogP contribution is -2.44. The maximum atomic E-state index is 12.7. The monoisotopic (exact) mass is 365 g/mol. The quantitative estimate of drug-likeness (QED) is 0.770. The van der Waals surface area contributed by atoms with Gasteiger partial charge in [0.15, 0.2) is 5.82 Å². The van der Waals surface area contributed by atoms with Crippen LogP contribution in [0, 0.1) is 0 Å². The van der Waals surface area contributed by atoms with Gasteiger partial charge >= 0.3 is 0 Å². The third kappa shape index (κ3) is 2.82. The Labute approximate surface area is 155 Å². The van der Waals surface area contributed by atoms with E-state index in [0.717, 1.165) is 54.0 Å². The zero-order valence-electron chi connectivity index (χ0n) is 14.3. The highest BCUT2D eigenvalue weighted by Gasteiger charge is 2.35. The summed E-state index contributed by atoms with van der Waals surface area (Å²) < 4.78 is 0. The van der Waals surface area contributed by atoms with Crippen molar-refractivity contribution in [1.29, 1.82) is 0 Å². The number of hydrogen-bond donors (Lipinski definition) is 1. The normalized spacial score (nSPS) is 19.8. The molecule has 1 atom stereocenters. The number of carbonyl (C=O) groups is 1. The van der Waals surface area contributed by atoms with E-state index in [2.05, 4.69) is 20.2 Å². The molecule has 0 aromatic carbocycles. The number of nitrogens with zero attached hydrogens (tertiary/aromatic N) is 4. The van der Waals surface area contributed by atoms with Crippen molar-refractivity contribution in [3.05, 3.63) is 35.8 Å². The average Bonchev–Trinajstić information content (AvgIpc) is 3.16. The van der Waals surface area contributed by atoms with Crippen LogP contribution in [-0.4, -0.2) is 39.5 Å². The van der Waals surface area contributed by atoms with E-state index in [1.54, 1.807) is 17.5 Å². The molecule has 4 heterocycles. The van der Waals surface area contributed by atoms with Crippen molar-refractivity contribution >= 4 is 33.3 Å². The molecule has 3 aromatic rings. The molecule has 0 bridgehead atoms. The number of nitrogens with one attached hydrogen (secondary N) is 1. The summed E-state index contributed by atoms with van der Waals surface area (Å²) in [5.74, 6) is 1.60. The topological polar surface area (TPSA) is 71.0 Å². The molecule has 6 nitrogen and oxygen atoms in total. The van der Waals surface area contributed by atoms with Gasteiger partial charge in [-0.2, -0.15) is 0 Å². The van der Waals surface area contributed by atoms with Crippen LogP contribution in [0.25, 0.3) is 21.7 Å².